The number of rotatable bonds is 13. The fourth-order valence-electron chi connectivity index (χ4n) is 3.99. The summed E-state index contributed by atoms with van der Waals surface area (Å²) in [6.45, 7) is 3.78. The molecular formula is C26H34F2N6O4. The van der Waals surface area contributed by atoms with Crippen molar-refractivity contribution >= 4 is 23.9 Å². The predicted molar refractivity (Wildman–Crippen MR) is 139 cm³/mol. The van der Waals surface area contributed by atoms with Gasteiger partial charge in [-0.05, 0) is 24.2 Å². The van der Waals surface area contributed by atoms with Gasteiger partial charge in [0.15, 0.2) is 5.69 Å². The molecule has 1 aliphatic rings. The van der Waals surface area contributed by atoms with E-state index in [1.54, 1.807) is 35.2 Å². The van der Waals surface area contributed by atoms with E-state index >= 15 is 0 Å². The number of hydrogen-bond acceptors (Lipinski definition) is 7. The Kier molecular flexibility index (Phi) is 10.9. The molecule has 10 nitrogen and oxygen atoms in total. The summed E-state index contributed by atoms with van der Waals surface area (Å²) in [6.07, 6.45) is -0.683. The summed E-state index contributed by atoms with van der Waals surface area (Å²) in [7, 11) is 2.00. The number of likely N-dealkylation sites (N-methyl/N-ethyl adjacent to an activating group) is 1. The fourth-order valence-corrected chi connectivity index (χ4v) is 3.99. The summed E-state index contributed by atoms with van der Waals surface area (Å²) >= 11 is 0. The lowest BCUT2D eigenvalue weighted by molar-refractivity contribution is -0.137. The van der Waals surface area contributed by atoms with Gasteiger partial charge in [0, 0.05) is 57.4 Å². The summed E-state index contributed by atoms with van der Waals surface area (Å²) in [5, 5.41) is 2.67. The van der Waals surface area contributed by atoms with E-state index in [0.29, 0.717) is 36.2 Å². The van der Waals surface area contributed by atoms with Crippen LogP contribution in [0, 0.1) is 0 Å². The Morgan fingerprint density at radius 2 is 1.95 bits per heavy atom. The molecule has 0 aliphatic carbocycles. The second-order valence-corrected chi connectivity index (χ2v) is 9.09. The van der Waals surface area contributed by atoms with Crippen LogP contribution in [0.2, 0.25) is 0 Å². The molecule has 12 heteroatoms. The summed E-state index contributed by atoms with van der Waals surface area (Å²) in [5.41, 5.74) is 8.03. The van der Waals surface area contributed by atoms with Gasteiger partial charge in [-0.3, -0.25) is 14.4 Å². The number of halogens is 2. The van der Waals surface area contributed by atoms with Crippen molar-refractivity contribution in [3.63, 3.8) is 0 Å². The SMILES string of the molecule is CN1CCN(C(=O)CN(C=O)CCOCCNC(=O)c2ncc(-c3cccc(CC(F)F)c3)cc2N)CC1. The van der Waals surface area contributed by atoms with Gasteiger partial charge in [0.05, 0.1) is 25.4 Å². The molecule has 3 N–H and O–H groups in total. The Morgan fingerprint density at radius 3 is 2.63 bits per heavy atom. The van der Waals surface area contributed by atoms with E-state index in [4.69, 9.17) is 10.5 Å². The van der Waals surface area contributed by atoms with E-state index in [1.807, 2.05) is 7.05 Å². The zero-order valence-electron chi connectivity index (χ0n) is 21.4. The topological polar surface area (TPSA) is 121 Å². The monoisotopic (exact) mass is 532 g/mol. The number of anilines is 1. The molecule has 2 heterocycles. The standard InChI is InChI=1S/C26H34F2N6O4/c1-32-6-8-34(9-7-32)24(36)17-33(18-35)10-12-38-11-5-30-26(37)25-22(29)15-21(16-31-25)20-4-2-3-19(13-20)14-23(27)28/h2-4,13,15-16,18,23H,5-12,14,17,29H2,1H3,(H,30,37). The molecule has 2 aromatic rings. The third-order valence-corrected chi connectivity index (χ3v) is 6.18. The van der Waals surface area contributed by atoms with Crippen molar-refractivity contribution in [1.82, 2.24) is 25.0 Å². The molecule has 0 unspecified atom stereocenters. The first-order valence-electron chi connectivity index (χ1n) is 12.4. The summed E-state index contributed by atoms with van der Waals surface area (Å²) in [5.74, 6) is -0.564. The van der Waals surface area contributed by atoms with Crippen LogP contribution in [0.3, 0.4) is 0 Å². The lowest BCUT2D eigenvalue weighted by atomic mass is 10.0. The number of nitrogens with one attached hydrogen (secondary N) is 1. The van der Waals surface area contributed by atoms with Crippen molar-refractivity contribution in [3.8, 4) is 11.1 Å². The second kappa shape index (κ2) is 14.3. The normalized spacial score (nSPS) is 13.9. The molecule has 1 saturated heterocycles. The minimum Gasteiger partial charge on any atom is -0.397 e. The molecule has 1 aromatic heterocycles. The summed E-state index contributed by atoms with van der Waals surface area (Å²) in [6, 6.07) is 8.30. The molecule has 0 spiro atoms. The number of carbonyl (C=O) groups is 3. The van der Waals surface area contributed by atoms with E-state index < -0.39 is 12.3 Å². The largest absolute Gasteiger partial charge is 0.397 e. The Morgan fingerprint density at radius 1 is 1.18 bits per heavy atom. The van der Waals surface area contributed by atoms with Gasteiger partial charge >= 0.3 is 0 Å². The Bertz CT molecular complexity index is 1100. The third kappa shape index (κ3) is 8.73. The highest BCUT2D eigenvalue weighted by atomic mass is 19.3. The molecule has 38 heavy (non-hydrogen) atoms. The quantitative estimate of drug-likeness (QED) is 0.293. The zero-order valence-corrected chi connectivity index (χ0v) is 21.4. The Labute approximate surface area is 220 Å². The number of carbonyl (C=O) groups excluding carboxylic acids is 3. The van der Waals surface area contributed by atoms with E-state index in [0.717, 1.165) is 13.1 Å². The van der Waals surface area contributed by atoms with Crippen molar-refractivity contribution < 1.29 is 27.9 Å². The molecule has 1 aromatic carbocycles. The lowest BCUT2D eigenvalue weighted by Crippen LogP contribution is -2.50. The van der Waals surface area contributed by atoms with Gasteiger partial charge in [0.25, 0.3) is 5.91 Å². The number of aromatic nitrogens is 1. The van der Waals surface area contributed by atoms with Crippen molar-refractivity contribution in [2.75, 3.05) is 71.8 Å². The number of benzene rings is 1. The number of pyridine rings is 1. The predicted octanol–water partition coefficient (Wildman–Crippen LogP) is 1.12. The summed E-state index contributed by atoms with van der Waals surface area (Å²) < 4.78 is 30.9. The maximum atomic E-state index is 12.7. The van der Waals surface area contributed by atoms with E-state index in [2.05, 4.69) is 15.2 Å². The first-order valence-corrected chi connectivity index (χ1v) is 12.4. The van der Waals surface area contributed by atoms with Crippen molar-refractivity contribution in [2.24, 2.45) is 0 Å². The highest BCUT2D eigenvalue weighted by Gasteiger charge is 2.20. The fraction of sp³-hybridized carbons (Fsp3) is 0.462. The molecular weight excluding hydrogens is 498 g/mol. The van der Waals surface area contributed by atoms with Crippen molar-refractivity contribution in [3.05, 3.63) is 47.8 Å². The van der Waals surface area contributed by atoms with Crippen LogP contribution in [0.1, 0.15) is 16.1 Å². The van der Waals surface area contributed by atoms with Gasteiger partial charge in [-0.1, -0.05) is 24.3 Å². The molecule has 206 valence electrons. The summed E-state index contributed by atoms with van der Waals surface area (Å²) in [4.78, 5) is 45.6. The Hall–Kier alpha value is -3.64. The van der Waals surface area contributed by atoms with Gasteiger partial charge in [0.1, 0.15) is 0 Å². The molecule has 1 fully saturated rings. The van der Waals surface area contributed by atoms with Crippen LogP contribution in [0.25, 0.3) is 11.1 Å². The van der Waals surface area contributed by atoms with Crippen molar-refractivity contribution in [1.29, 1.82) is 0 Å². The molecule has 0 radical (unpaired) electrons. The Balaban J connectivity index is 1.39. The maximum Gasteiger partial charge on any atom is 0.272 e. The number of hydrogen-bond donors (Lipinski definition) is 2. The van der Waals surface area contributed by atoms with Gasteiger partial charge in [-0.15, -0.1) is 0 Å². The van der Waals surface area contributed by atoms with Gasteiger partial charge in [0.2, 0.25) is 18.7 Å². The van der Waals surface area contributed by atoms with Crippen LogP contribution >= 0.6 is 0 Å². The number of nitrogens with two attached hydrogens (primary N) is 1. The van der Waals surface area contributed by atoms with E-state index in [-0.39, 0.29) is 56.6 Å². The van der Waals surface area contributed by atoms with E-state index in [1.165, 1.54) is 11.1 Å². The second-order valence-electron chi connectivity index (χ2n) is 9.09. The first-order chi connectivity index (χ1) is 18.3. The number of nitrogens with zero attached hydrogens (tertiary/aromatic N) is 4. The molecule has 3 rings (SSSR count). The molecule has 0 atom stereocenters. The van der Waals surface area contributed by atoms with Crippen LogP contribution in [-0.2, 0) is 20.7 Å². The van der Waals surface area contributed by atoms with Crippen molar-refractivity contribution in [2.45, 2.75) is 12.8 Å². The average Bonchev–Trinajstić information content (AvgIpc) is 2.89. The van der Waals surface area contributed by atoms with Crippen LogP contribution in [0.5, 0.6) is 0 Å². The van der Waals surface area contributed by atoms with Gasteiger partial charge < -0.3 is 30.5 Å². The molecule has 1 aliphatic heterocycles. The van der Waals surface area contributed by atoms with Crippen LogP contribution in [0.4, 0.5) is 14.5 Å². The molecule has 0 bridgehead atoms. The molecule has 3 amide bonds. The van der Waals surface area contributed by atoms with E-state index in [9.17, 15) is 23.2 Å². The molecule has 0 saturated carbocycles. The smallest absolute Gasteiger partial charge is 0.272 e. The van der Waals surface area contributed by atoms with Gasteiger partial charge in [-0.2, -0.15) is 0 Å². The minimum absolute atomic E-state index is 0.00473. The zero-order chi connectivity index (χ0) is 27.5. The highest BCUT2D eigenvalue weighted by Crippen LogP contribution is 2.24. The average molecular weight is 533 g/mol. The first kappa shape index (κ1) is 28.9. The maximum absolute atomic E-state index is 12.7. The third-order valence-electron chi connectivity index (χ3n) is 6.18. The highest BCUT2D eigenvalue weighted by molar-refractivity contribution is 5.97. The lowest BCUT2D eigenvalue weighted by Gasteiger charge is -2.33. The number of amides is 3. The van der Waals surface area contributed by atoms with Gasteiger partial charge in [-0.25, -0.2) is 13.8 Å². The number of nitrogen functional groups attached to an aromatic ring is 1. The van der Waals surface area contributed by atoms with Crippen LogP contribution in [-0.4, -0.2) is 110 Å². The number of ether oxygens (including phenoxy) is 1. The van der Waals surface area contributed by atoms with Crippen LogP contribution in [0.15, 0.2) is 36.5 Å². The number of piperazine rings is 1. The van der Waals surface area contributed by atoms with Crippen LogP contribution < -0.4 is 11.1 Å². The number of alkyl halides is 2. The minimum atomic E-state index is -2.44.